The molecule has 0 bridgehead atoms. The Morgan fingerprint density at radius 3 is 2.60 bits per heavy atom. The lowest BCUT2D eigenvalue weighted by Gasteiger charge is -1.98. The normalized spacial score (nSPS) is 18.8. The molecule has 0 spiro atoms. The van der Waals surface area contributed by atoms with Gasteiger partial charge in [0, 0.05) is 19.1 Å². The van der Waals surface area contributed by atoms with E-state index in [1.54, 1.807) is 7.11 Å². The van der Waals surface area contributed by atoms with Crippen molar-refractivity contribution in [3.63, 3.8) is 0 Å². The quantitative estimate of drug-likeness (QED) is 0.578. The van der Waals surface area contributed by atoms with Crippen molar-refractivity contribution >= 4 is 5.78 Å². The van der Waals surface area contributed by atoms with E-state index in [9.17, 15) is 4.79 Å². The van der Waals surface area contributed by atoms with Crippen LogP contribution in [-0.4, -0.2) is 19.5 Å². The van der Waals surface area contributed by atoms with E-state index in [0.717, 1.165) is 12.0 Å². The van der Waals surface area contributed by atoms with E-state index in [1.165, 1.54) is 5.57 Å². The summed E-state index contributed by atoms with van der Waals surface area (Å²) in [6.45, 7) is 2.49. The first-order valence-corrected chi connectivity index (χ1v) is 3.46. The van der Waals surface area contributed by atoms with Crippen molar-refractivity contribution in [2.75, 3.05) is 13.7 Å². The van der Waals surface area contributed by atoms with Gasteiger partial charge in [0.25, 0.3) is 0 Å². The fraction of sp³-hybridized carbons (Fsp3) is 0.625. The van der Waals surface area contributed by atoms with E-state index in [4.69, 9.17) is 4.74 Å². The van der Waals surface area contributed by atoms with E-state index in [0.29, 0.717) is 13.0 Å². The van der Waals surface area contributed by atoms with Gasteiger partial charge in [0.2, 0.25) is 0 Å². The molecule has 0 saturated heterocycles. The van der Waals surface area contributed by atoms with Crippen molar-refractivity contribution in [3.05, 3.63) is 11.1 Å². The minimum atomic E-state index is 0.263. The Labute approximate surface area is 60.9 Å². The monoisotopic (exact) mass is 140 g/mol. The number of hydrogen-bond donors (Lipinski definition) is 0. The largest absolute Gasteiger partial charge is 0.380 e. The van der Waals surface area contributed by atoms with Crippen LogP contribution in [0.3, 0.4) is 0 Å². The number of carbonyl (C=O) groups is 1. The number of ketones is 1. The zero-order valence-corrected chi connectivity index (χ0v) is 6.44. The van der Waals surface area contributed by atoms with Crippen molar-refractivity contribution in [2.24, 2.45) is 0 Å². The van der Waals surface area contributed by atoms with Gasteiger partial charge in [0.1, 0.15) is 0 Å². The standard InChI is InChI=1S/C8H12O2/c1-6-3-4-8(9)7(6)5-10-2/h3-5H2,1-2H3. The van der Waals surface area contributed by atoms with Gasteiger partial charge in [-0.15, -0.1) is 0 Å². The van der Waals surface area contributed by atoms with Crippen LogP contribution in [0.5, 0.6) is 0 Å². The van der Waals surface area contributed by atoms with Crippen LogP contribution in [0.2, 0.25) is 0 Å². The molecule has 0 amide bonds. The minimum absolute atomic E-state index is 0.263. The molecule has 0 heterocycles. The molecule has 2 nitrogen and oxygen atoms in total. The SMILES string of the molecule is COCC1=C(C)CCC1=O. The van der Waals surface area contributed by atoms with Gasteiger partial charge in [0.05, 0.1) is 6.61 Å². The third kappa shape index (κ3) is 1.27. The van der Waals surface area contributed by atoms with Gasteiger partial charge >= 0.3 is 0 Å². The highest BCUT2D eigenvalue weighted by molar-refractivity contribution is 5.98. The summed E-state index contributed by atoms with van der Waals surface area (Å²) in [6, 6.07) is 0. The van der Waals surface area contributed by atoms with Crippen LogP contribution >= 0.6 is 0 Å². The topological polar surface area (TPSA) is 26.3 Å². The highest BCUT2D eigenvalue weighted by atomic mass is 16.5. The molecular formula is C8H12O2. The second kappa shape index (κ2) is 2.97. The van der Waals surface area contributed by atoms with Crippen LogP contribution < -0.4 is 0 Å². The second-order valence-corrected chi connectivity index (χ2v) is 2.62. The van der Waals surface area contributed by atoms with Gasteiger partial charge in [-0.3, -0.25) is 4.79 Å². The molecule has 0 atom stereocenters. The highest BCUT2D eigenvalue weighted by Crippen LogP contribution is 2.21. The molecule has 2 heteroatoms. The molecule has 0 unspecified atom stereocenters. The number of rotatable bonds is 2. The van der Waals surface area contributed by atoms with Crippen LogP contribution in [0.15, 0.2) is 11.1 Å². The van der Waals surface area contributed by atoms with Crippen LogP contribution in [0.4, 0.5) is 0 Å². The molecule has 0 fully saturated rings. The Hall–Kier alpha value is -0.630. The fourth-order valence-corrected chi connectivity index (χ4v) is 1.19. The third-order valence-electron chi connectivity index (χ3n) is 1.87. The van der Waals surface area contributed by atoms with Gasteiger partial charge in [0.15, 0.2) is 5.78 Å². The van der Waals surface area contributed by atoms with Gasteiger partial charge in [-0.2, -0.15) is 0 Å². The lowest BCUT2D eigenvalue weighted by atomic mass is 10.2. The number of carbonyl (C=O) groups excluding carboxylic acids is 1. The molecule has 0 aromatic carbocycles. The molecule has 0 N–H and O–H groups in total. The van der Waals surface area contributed by atoms with E-state index < -0.39 is 0 Å². The molecule has 1 aliphatic rings. The van der Waals surface area contributed by atoms with Gasteiger partial charge < -0.3 is 4.74 Å². The fourth-order valence-electron chi connectivity index (χ4n) is 1.19. The molecule has 0 aromatic heterocycles. The first kappa shape index (κ1) is 7.48. The maximum absolute atomic E-state index is 11.0. The molecule has 0 aromatic rings. The zero-order chi connectivity index (χ0) is 7.56. The number of allylic oxidation sites excluding steroid dienone is 1. The smallest absolute Gasteiger partial charge is 0.161 e. The summed E-state index contributed by atoms with van der Waals surface area (Å²) in [4.78, 5) is 11.0. The van der Waals surface area contributed by atoms with Crippen LogP contribution in [0, 0.1) is 0 Å². The van der Waals surface area contributed by atoms with E-state index in [2.05, 4.69) is 0 Å². The maximum Gasteiger partial charge on any atom is 0.161 e. The molecule has 0 saturated carbocycles. The summed E-state index contributed by atoms with van der Waals surface area (Å²) in [6.07, 6.45) is 1.61. The van der Waals surface area contributed by atoms with E-state index in [-0.39, 0.29) is 5.78 Å². The molecule has 1 rings (SSSR count). The molecule has 1 aliphatic carbocycles. The van der Waals surface area contributed by atoms with Crippen molar-refractivity contribution in [3.8, 4) is 0 Å². The predicted molar refractivity (Wildman–Crippen MR) is 38.8 cm³/mol. The van der Waals surface area contributed by atoms with Crippen molar-refractivity contribution in [2.45, 2.75) is 19.8 Å². The number of hydrogen-bond acceptors (Lipinski definition) is 2. The van der Waals surface area contributed by atoms with Crippen molar-refractivity contribution < 1.29 is 9.53 Å². The summed E-state index contributed by atoms with van der Waals surface area (Å²) in [5.41, 5.74) is 2.09. The van der Waals surface area contributed by atoms with Crippen molar-refractivity contribution in [1.29, 1.82) is 0 Å². The Morgan fingerprint density at radius 1 is 1.50 bits per heavy atom. The van der Waals surface area contributed by atoms with Gasteiger partial charge in [-0.25, -0.2) is 0 Å². The van der Waals surface area contributed by atoms with Crippen LogP contribution in [0.1, 0.15) is 19.8 Å². The Balaban J connectivity index is 2.68. The van der Waals surface area contributed by atoms with E-state index >= 15 is 0 Å². The lowest BCUT2D eigenvalue weighted by Crippen LogP contribution is -2.02. The van der Waals surface area contributed by atoms with Crippen LogP contribution in [0.25, 0.3) is 0 Å². The molecular weight excluding hydrogens is 128 g/mol. The molecule has 0 radical (unpaired) electrons. The first-order chi connectivity index (χ1) is 4.75. The molecule has 10 heavy (non-hydrogen) atoms. The van der Waals surface area contributed by atoms with Gasteiger partial charge in [-0.05, 0) is 13.3 Å². The zero-order valence-electron chi connectivity index (χ0n) is 6.44. The van der Waals surface area contributed by atoms with Gasteiger partial charge in [-0.1, -0.05) is 5.57 Å². The highest BCUT2D eigenvalue weighted by Gasteiger charge is 2.18. The maximum atomic E-state index is 11.0. The Bertz CT molecular complexity index is 180. The summed E-state index contributed by atoms with van der Waals surface area (Å²) < 4.78 is 4.89. The average Bonchev–Trinajstić information content (AvgIpc) is 2.20. The van der Waals surface area contributed by atoms with Crippen LogP contribution in [-0.2, 0) is 9.53 Å². The Morgan fingerprint density at radius 2 is 2.20 bits per heavy atom. The summed E-state index contributed by atoms with van der Waals surface area (Å²) in [7, 11) is 1.62. The first-order valence-electron chi connectivity index (χ1n) is 3.46. The summed E-state index contributed by atoms with van der Waals surface area (Å²) >= 11 is 0. The lowest BCUT2D eigenvalue weighted by molar-refractivity contribution is -0.115. The summed E-state index contributed by atoms with van der Waals surface area (Å²) in [5, 5.41) is 0. The summed E-state index contributed by atoms with van der Waals surface area (Å²) in [5.74, 6) is 0.263. The van der Waals surface area contributed by atoms with Crippen molar-refractivity contribution in [1.82, 2.24) is 0 Å². The third-order valence-corrected chi connectivity index (χ3v) is 1.87. The Kier molecular flexibility index (Phi) is 2.22. The number of Topliss-reactive ketones (excluding diaryl/α,β-unsaturated/α-hetero) is 1. The average molecular weight is 140 g/mol. The van der Waals surface area contributed by atoms with E-state index in [1.807, 2.05) is 6.92 Å². The second-order valence-electron chi connectivity index (χ2n) is 2.62. The number of methoxy groups -OCH3 is 1. The molecule has 0 aliphatic heterocycles. The predicted octanol–water partition coefficient (Wildman–Crippen LogP) is 1.31. The molecule has 56 valence electrons. The number of ether oxygens (including phenoxy) is 1. The minimum Gasteiger partial charge on any atom is -0.380 e.